The fourth-order valence-corrected chi connectivity index (χ4v) is 4.76. The van der Waals surface area contributed by atoms with Crippen LogP contribution in [-0.4, -0.2) is 56.4 Å². The third kappa shape index (κ3) is 6.58. The lowest BCUT2D eigenvalue weighted by Gasteiger charge is -2.30. The average molecular weight is 484 g/mol. The van der Waals surface area contributed by atoms with Crippen LogP contribution >= 0.6 is 0 Å². The number of nitrogens with zero attached hydrogens (tertiary/aromatic N) is 1. The van der Waals surface area contributed by atoms with Crippen LogP contribution in [0.2, 0.25) is 0 Å². The minimum atomic E-state index is -0.582. The number of amides is 2. The molecule has 1 saturated carbocycles. The number of carbonyl (C=O) groups is 2. The zero-order chi connectivity index (χ0) is 25.3. The SMILES string of the molecule is CC[C@H](COC)NC(=O)c1cn(CCOC)cc(C(=O)NCC2(c3ccccc3)CCCC2)c1=O. The van der Waals surface area contributed by atoms with Crippen LogP contribution in [0.3, 0.4) is 0 Å². The van der Waals surface area contributed by atoms with Gasteiger partial charge in [0.1, 0.15) is 11.1 Å². The molecule has 0 bridgehead atoms. The van der Waals surface area contributed by atoms with Crippen LogP contribution in [0.4, 0.5) is 0 Å². The molecule has 2 amide bonds. The molecular formula is C27H37N3O5. The number of carbonyl (C=O) groups excluding carboxylic acids is 2. The smallest absolute Gasteiger partial charge is 0.257 e. The van der Waals surface area contributed by atoms with Gasteiger partial charge < -0.3 is 24.7 Å². The monoisotopic (exact) mass is 483 g/mol. The van der Waals surface area contributed by atoms with E-state index in [1.807, 2.05) is 25.1 Å². The second-order valence-corrected chi connectivity index (χ2v) is 9.22. The Kier molecular flexibility index (Phi) is 9.63. The maximum absolute atomic E-state index is 13.3. The van der Waals surface area contributed by atoms with Gasteiger partial charge in [0, 0.05) is 45.1 Å². The quantitative estimate of drug-likeness (QED) is 0.484. The van der Waals surface area contributed by atoms with Crippen LogP contribution in [0.25, 0.3) is 0 Å². The molecule has 0 radical (unpaired) electrons. The standard InChI is InChI=1S/C27H37N3O5/c1-4-21(18-35-3)29-26(33)23-17-30(14-15-34-2)16-22(24(23)31)25(32)28-19-27(12-8-9-13-27)20-10-6-5-7-11-20/h5-7,10-11,16-17,21H,4,8-9,12-15,18-19H2,1-3H3,(H,28,32)(H,29,33)/t21-/m1/s1. The number of aromatic nitrogens is 1. The summed E-state index contributed by atoms with van der Waals surface area (Å²) in [4.78, 5) is 39.5. The lowest BCUT2D eigenvalue weighted by molar-refractivity contribution is 0.0892. The van der Waals surface area contributed by atoms with E-state index in [4.69, 9.17) is 9.47 Å². The van der Waals surface area contributed by atoms with E-state index >= 15 is 0 Å². The van der Waals surface area contributed by atoms with Crippen molar-refractivity contribution in [1.29, 1.82) is 0 Å². The third-order valence-corrected chi connectivity index (χ3v) is 6.85. The Morgan fingerprint density at radius 3 is 2.29 bits per heavy atom. The highest BCUT2D eigenvalue weighted by molar-refractivity contribution is 5.99. The highest BCUT2D eigenvalue weighted by Gasteiger charge is 2.36. The van der Waals surface area contributed by atoms with E-state index in [-0.39, 0.29) is 22.6 Å². The van der Waals surface area contributed by atoms with Gasteiger partial charge in [-0.2, -0.15) is 0 Å². The van der Waals surface area contributed by atoms with Gasteiger partial charge >= 0.3 is 0 Å². The summed E-state index contributed by atoms with van der Waals surface area (Å²) >= 11 is 0. The molecule has 0 unspecified atom stereocenters. The largest absolute Gasteiger partial charge is 0.383 e. The molecule has 35 heavy (non-hydrogen) atoms. The van der Waals surface area contributed by atoms with Crippen LogP contribution in [0.15, 0.2) is 47.5 Å². The molecule has 8 nitrogen and oxygen atoms in total. The van der Waals surface area contributed by atoms with Gasteiger partial charge in [0.25, 0.3) is 11.8 Å². The molecule has 1 aromatic carbocycles. The van der Waals surface area contributed by atoms with Crippen molar-refractivity contribution in [3.05, 3.63) is 69.6 Å². The Morgan fingerprint density at radius 2 is 1.69 bits per heavy atom. The molecule has 0 aliphatic heterocycles. The van der Waals surface area contributed by atoms with E-state index in [1.54, 1.807) is 18.8 Å². The zero-order valence-electron chi connectivity index (χ0n) is 21.0. The summed E-state index contributed by atoms with van der Waals surface area (Å²) in [6, 6.07) is 9.99. The first-order valence-corrected chi connectivity index (χ1v) is 12.3. The van der Waals surface area contributed by atoms with Crippen LogP contribution in [-0.2, 0) is 21.4 Å². The molecule has 3 rings (SSSR count). The topological polar surface area (TPSA) is 98.7 Å². The Morgan fingerprint density at radius 1 is 1.03 bits per heavy atom. The summed E-state index contributed by atoms with van der Waals surface area (Å²) in [7, 11) is 3.13. The van der Waals surface area contributed by atoms with Gasteiger partial charge in [0.05, 0.1) is 19.3 Å². The van der Waals surface area contributed by atoms with Crippen molar-refractivity contribution < 1.29 is 19.1 Å². The number of pyridine rings is 1. The zero-order valence-corrected chi connectivity index (χ0v) is 21.0. The Labute approximate surface area is 207 Å². The Bertz CT molecular complexity index is 1040. The molecule has 1 heterocycles. The molecule has 1 aliphatic rings. The number of hydrogen-bond donors (Lipinski definition) is 2. The van der Waals surface area contributed by atoms with Crippen molar-refractivity contribution in [1.82, 2.24) is 15.2 Å². The molecule has 0 spiro atoms. The number of nitrogens with one attached hydrogen (secondary N) is 2. The lowest BCUT2D eigenvalue weighted by Crippen LogP contribution is -2.43. The molecule has 2 aromatic rings. The summed E-state index contributed by atoms with van der Waals surface area (Å²) < 4.78 is 12.0. The Balaban J connectivity index is 1.86. The number of methoxy groups -OCH3 is 2. The second kappa shape index (κ2) is 12.7. The number of rotatable bonds is 12. The van der Waals surface area contributed by atoms with Gasteiger partial charge in [0.15, 0.2) is 0 Å². The fraction of sp³-hybridized carbons (Fsp3) is 0.519. The van der Waals surface area contributed by atoms with Crippen LogP contribution in [0.5, 0.6) is 0 Å². The Hall–Kier alpha value is -2.97. The van der Waals surface area contributed by atoms with Crippen LogP contribution < -0.4 is 16.1 Å². The first-order chi connectivity index (χ1) is 16.9. The molecule has 0 saturated heterocycles. The van der Waals surface area contributed by atoms with Gasteiger partial charge in [-0.25, -0.2) is 0 Å². The van der Waals surface area contributed by atoms with Gasteiger partial charge in [-0.1, -0.05) is 50.1 Å². The minimum absolute atomic E-state index is 0.0465. The summed E-state index contributed by atoms with van der Waals surface area (Å²) in [5, 5.41) is 5.85. The highest BCUT2D eigenvalue weighted by atomic mass is 16.5. The van der Waals surface area contributed by atoms with E-state index < -0.39 is 17.2 Å². The predicted molar refractivity (Wildman–Crippen MR) is 135 cm³/mol. The summed E-state index contributed by atoms with van der Waals surface area (Å²) in [6.45, 7) is 3.48. The molecule has 8 heteroatoms. The van der Waals surface area contributed by atoms with Crippen LogP contribution in [0.1, 0.15) is 65.3 Å². The summed E-state index contributed by atoms with van der Waals surface area (Å²) in [6.07, 6.45) is 7.80. The molecule has 2 N–H and O–H groups in total. The van der Waals surface area contributed by atoms with Gasteiger partial charge in [0.2, 0.25) is 5.43 Å². The third-order valence-electron chi connectivity index (χ3n) is 6.85. The second-order valence-electron chi connectivity index (χ2n) is 9.22. The number of hydrogen-bond acceptors (Lipinski definition) is 5. The number of benzene rings is 1. The van der Waals surface area contributed by atoms with E-state index in [9.17, 15) is 14.4 Å². The first kappa shape index (κ1) is 26.6. The molecule has 1 fully saturated rings. The first-order valence-electron chi connectivity index (χ1n) is 12.3. The van der Waals surface area contributed by atoms with E-state index in [2.05, 4.69) is 22.8 Å². The van der Waals surface area contributed by atoms with E-state index in [0.717, 1.165) is 25.7 Å². The normalized spacial score (nSPS) is 15.5. The number of ether oxygens (including phenoxy) is 2. The molecular weight excluding hydrogens is 446 g/mol. The van der Waals surface area contributed by atoms with E-state index in [1.165, 1.54) is 18.0 Å². The summed E-state index contributed by atoms with van der Waals surface area (Å²) in [5.41, 5.74) is 0.361. The molecule has 1 aliphatic carbocycles. The van der Waals surface area contributed by atoms with Gasteiger partial charge in [-0.3, -0.25) is 14.4 Å². The fourth-order valence-electron chi connectivity index (χ4n) is 4.76. The van der Waals surface area contributed by atoms with Crippen LogP contribution in [0, 0.1) is 0 Å². The van der Waals surface area contributed by atoms with Crippen molar-refractivity contribution in [3.8, 4) is 0 Å². The van der Waals surface area contributed by atoms with Crippen molar-refractivity contribution in [3.63, 3.8) is 0 Å². The lowest BCUT2D eigenvalue weighted by atomic mass is 9.79. The van der Waals surface area contributed by atoms with E-state index in [0.29, 0.717) is 32.7 Å². The van der Waals surface area contributed by atoms with Gasteiger partial charge in [-0.15, -0.1) is 0 Å². The van der Waals surface area contributed by atoms with Crippen molar-refractivity contribution in [2.24, 2.45) is 0 Å². The van der Waals surface area contributed by atoms with Crippen molar-refractivity contribution in [2.45, 2.75) is 57.0 Å². The molecule has 190 valence electrons. The molecule has 1 atom stereocenters. The highest BCUT2D eigenvalue weighted by Crippen LogP contribution is 2.40. The average Bonchev–Trinajstić information content (AvgIpc) is 3.37. The predicted octanol–water partition coefficient (Wildman–Crippen LogP) is 2.89. The summed E-state index contributed by atoms with van der Waals surface area (Å²) in [5.74, 6) is -0.988. The molecule has 1 aromatic heterocycles. The minimum Gasteiger partial charge on any atom is -0.383 e. The van der Waals surface area contributed by atoms with Crippen molar-refractivity contribution in [2.75, 3.05) is 34.0 Å². The maximum Gasteiger partial charge on any atom is 0.257 e. The van der Waals surface area contributed by atoms with Crippen molar-refractivity contribution >= 4 is 11.8 Å². The van der Waals surface area contributed by atoms with Gasteiger partial charge in [-0.05, 0) is 24.8 Å². The maximum atomic E-state index is 13.3.